The first-order valence-electron chi connectivity index (χ1n) is 12.0. The maximum atomic E-state index is 12.1. The van der Waals surface area contributed by atoms with Gasteiger partial charge in [-0.25, -0.2) is 9.59 Å². The number of rotatable bonds is 5. The summed E-state index contributed by atoms with van der Waals surface area (Å²) in [5, 5.41) is 4.52. The number of aryl methyl sites for hydroxylation is 1. The van der Waals surface area contributed by atoms with E-state index in [1.807, 2.05) is 0 Å². The Bertz CT molecular complexity index is 868. The summed E-state index contributed by atoms with van der Waals surface area (Å²) in [5.74, 6) is -0.606. The third-order valence-electron chi connectivity index (χ3n) is 7.02. The third-order valence-corrected chi connectivity index (χ3v) is 7.02. The summed E-state index contributed by atoms with van der Waals surface area (Å²) >= 11 is 0. The van der Waals surface area contributed by atoms with Gasteiger partial charge < -0.3 is 14.2 Å². The van der Waals surface area contributed by atoms with Gasteiger partial charge in [0.2, 0.25) is 5.75 Å². The molecule has 2 fully saturated rings. The van der Waals surface area contributed by atoms with Crippen molar-refractivity contribution in [3.8, 4) is 11.6 Å². The summed E-state index contributed by atoms with van der Waals surface area (Å²) in [5.41, 5.74) is 0.609. The summed E-state index contributed by atoms with van der Waals surface area (Å²) < 4.78 is 18.8. The molecule has 174 valence electrons. The summed E-state index contributed by atoms with van der Waals surface area (Å²) in [4.78, 5) is 29.2. The molecule has 1 unspecified atom stereocenters. The molecule has 4 aliphatic rings. The van der Waals surface area contributed by atoms with Gasteiger partial charge in [-0.15, -0.1) is 5.10 Å². The Balaban J connectivity index is 1.19. The van der Waals surface area contributed by atoms with Crippen molar-refractivity contribution in [2.24, 2.45) is 0 Å². The SMILES string of the molecule is O=C1/C=C\C(=O)OC2CCCn3nc(OCCN4CCN(C5CCCCC5)CC4)c(c32)O1. The van der Waals surface area contributed by atoms with Crippen molar-refractivity contribution in [1.82, 2.24) is 19.6 Å². The molecular weight excluding hydrogens is 412 g/mol. The van der Waals surface area contributed by atoms with Crippen LogP contribution in [0.25, 0.3) is 0 Å². The molecule has 9 nitrogen and oxygen atoms in total. The third kappa shape index (κ3) is 4.68. The van der Waals surface area contributed by atoms with Crippen LogP contribution >= 0.6 is 0 Å². The Morgan fingerprint density at radius 2 is 1.72 bits per heavy atom. The summed E-state index contributed by atoms with van der Waals surface area (Å²) in [6, 6.07) is 0.773. The van der Waals surface area contributed by atoms with Gasteiger partial charge in [-0.3, -0.25) is 14.5 Å². The molecule has 4 heterocycles. The Kier molecular flexibility index (Phi) is 6.45. The van der Waals surface area contributed by atoms with E-state index in [0.717, 1.165) is 57.3 Å². The van der Waals surface area contributed by atoms with Crippen LogP contribution < -0.4 is 9.47 Å². The van der Waals surface area contributed by atoms with Crippen LogP contribution in [0, 0.1) is 0 Å². The van der Waals surface area contributed by atoms with E-state index in [9.17, 15) is 9.59 Å². The number of hydrogen-bond donors (Lipinski definition) is 0. The minimum Gasteiger partial charge on any atom is -0.473 e. The van der Waals surface area contributed by atoms with Crippen molar-refractivity contribution in [3.63, 3.8) is 0 Å². The van der Waals surface area contributed by atoms with E-state index >= 15 is 0 Å². The summed E-state index contributed by atoms with van der Waals surface area (Å²) in [6.07, 6.45) is 10.0. The zero-order valence-electron chi connectivity index (χ0n) is 18.5. The van der Waals surface area contributed by atoms with Gasteiger partial charge in [0.05, 0.1) is 0 Å². The highest BCUT2D eigenvalue weighted by atomic mass is 16.6. The molecule has 1 aromatic rings. The number of carbonyl (C=O) groups is 2. The zero-order chi connectivity index (χ0) is 21.9. The number of piperazine rings is 1. The first kappa shape index (κ1) is 21.5. The van der Waals surface area contributed by atoms with E-state index in [1.165, 1.54) is 32.1 Å². The number of hydrogen-bond acceptors (Lipinski definition) is 8. The zero-order valence-corrected chi connectivity index (χ0v) is 18.5. The number of esters is 2. The lowest BCUT2D eigenvalue weighted by molar-refractivity contribution is -0.144. The van der Waals surface area contributed by atoms with E-state index in [2.05, 4.69) is 14.9 Å². The maximum Gasteiger partial charge on any atom is 0.336 e. The van der Waals surface area contributed by atoms with Gasteiger partial charge in [0.1, 0.15) is 18.4 Å². The molecule has 1 aromatic heterocycles. The number of carbonyl (C=O) groups excluding carboxylic acids is 2. The molecule has 0 aromatic carbocycles. The Morgan fingerprint density at radius 3 is 2.53 bits per heavy atom. The van der Waals surface area contributed by atoms with E-state index in [1.54, 1.807) is 4.68 Å². The van der Waals surface area contributed by atoms with Crippen molar-refractivity contribution in [2.45, 2.75) is 63.6 Å². The highest BCUT2D eigenvalue weighted by molar-refractivity contribution is 5.93. The van der Waals surface area contributed by atoms with Gasteiger partial charge in [0, 0.05) is 57.5 Å². The van der Waals surface area contributed by atoms with Crippen LogP contribution in [0.1, 0.15) is 56.7 Å². The number of nitrogens with zero attached hydrogens (tertiary/aromatic N) is 4. The number of ether oxygens (including phenoxy) is 3. The minimum atomic E-state index is -0.632. The first-order chi connectivity index (χ1) is 15.7. The fourth-order valence-corrected chi connectivity index (χ4v) is 5.31. The quantitative estimate of drug-likeness (QED) is 0.638. The molecule has 32 heavy (non-hydrogen) atoms. The molecule has 0 amide bonds. The molecule has 1 atom stereocenters. The molecular formula is C23H32N4O5. The molecule has 0 bridgehead atoms. The highest BCUT2D eigenvalue weighted by Crippen LogP contribution is 2.41. The Morgan fingerprint density at radius 1 is 0.938 bits per heavy atom. The smallest absolute Gasteiger partial charge is 0.336 e. The number of aromatic nitrogens is 2. The first-order valence-corrected chi connectivity index (χ1v) is 12.0. The predicted octanol–water partition coefficient (Wildman–Crippen LogP) is 2.07. The lowest BCUT2D eigenvalue weighted by atomic mass is 9.94. The topological polar surface area (TPSA) is 86.1 Å². The maximum absolute atomic E-state index is 12.1. The van der Waals surface area contributed by atoms with Gasteiger partial charge >= 0.3 is 11.9 Å². The van der Waals surface area contributed by atoms with Crippen LogP contribution in [0.15, 0.2) is 12.2 Å². The molecule has 1 aliphatic carbocycles. The lowest BCUT2D eigenvalue weighted by Gasteiger charge is -2.40. The molecule has 9 heteroatoms. The molecule has 1 saturated heterocycles. The Hall–Kier alpha value is -2.39. The van der Waals surface area contributed by atoms with E-state index in [4.69, 9.17) is 14.2 Å². The Labute approximate surface area is 188 Å². The van der Waals surface area contributed by atoms with E-state index in [0.29, 0.717) is 31.1 Å². The summed E-state index contributed by atoms with van der Waals surface area (Å²) in [6.45, 7) is 6.26. The van der Waals surface area contributed by atoms with Crippen molar-refractivity contribution in [1.29, 1.82) is 0 Å². The van der Waals surface area contributed by atoms with Gasteiger partial charge in [-0.1, -0.05) is 19.3 Å². The molecule has 1 saturated carbocycles. The van der Waals surface area contributed by atoms with Crippen LogP contribution in [0.2, 0.25) is 0 Å². The standard InChI is InChI=1S/C23H32N4O5/c28-19-8-9-20(29)32-22-21-18(31-19)7-4-10-27(21)24-23(22)30-16-15-25-11-13-26(14-12-25)17-5-2-1-3-6-17/h8-9,17-18H,1-7,10-16H2/b9-8-. The average molecular weight is 445 g/mol. The monoisotopic (exact) mass is 444 g/mol. The van der Waals surface area contributed by atoms with Crippen LogP contribution in [0.3, 0.4) is 0 Å². The van der Waals surface area contributed by atoms with Crippen LogP contribution in [-0.2, 0) is 20.9 Å². The second-order valence-electron chi connectivity index (χ2n) is 9.08. The average Bonchev–Trinajstić information content (AvgIpc) is 3.18. The van der Waals surface area contributed by atoms with E-state index < -0.39 is 18.0 Å². The largest absolute Gasteiger partial charge is 0.473 e. The summed E-state index contributed by atoms with van der Waals surface area (Å²) in [7, 11) is 0. The molecule has 0 N–H and O–H groups in total. The van der Waals surface area contributed by atoms with Crippen molar-refractivity contribution >= 4 is 11.9 Å². The normalized spacial score (nSPS) is 26.3. The van der Waals surface area contributed by atoms with Crippen LogP contribution in [0.4, 0.5) is 0 Å². The van der Waals surface area contributed by atoms with Gasteiger partial charge in [0.25, 0.3) is 5.88 Å². The molecule has 0 radical (unpaired) electrons. The van der Waals surface area contributed by atoms with Crippen molar-refractivity contribution in [2.75, 3.05) is 39.3 Å². The highest BCUT2D eigenvalue weighted by Gasteiger charge is 2.34. The van der Waals surface area contributed by atoms with Gasteiger partial charge in [-0.05, 0) is 25.7 Å². The van der Waals surface area contributed by atoms with Crippen LogP contribution in [-0.4, -0.2) is 76.9 Å². The van der Waals surface area contributed by atoms with Crippen LogP contribution in [0.5, 0.6) is 11.6 Å². The second-order valence-corrected chi connectivity index (χ2v) is 9.08. The van der Waals surface area contributed by atoms with E-state index in [-0.39, 0.29) is 5.75 Å². The second kappa shape index (κ2) is 9.62. The fourth-order valence-electron chi connectivity index (χ4n) is 5.31. The van der Waals surface area contributed by atoms with Crippen molar-refractivity contribution in [3.05, 3.63) is 17.8 Å². The minimum absolute atomic E-state index is 0.279. The van der Waals surface area contributed by atoms with Gasteiger partial charge in [0.15, 0.2) is 0 Å². The molecule has 3 aliphatic heterocycles. The van der Waals surface area contributed by atoms with Crippen molar-refractivity contribution < 1.29 is 23.8 Å². The lowest BCUT2D eigenvalue weighted by Crippen LogP contribution is -2.51. The molecule has 0 spiro atoms. The molecule has 5 rings (SSSR count). The fraction of sp³-hybridized carbons (Fsp3) is 0.696. The predicted molar refractivity (Wildman–Crippen MR) is 115 cm³/mol. The van der Waals surface area contributed by atoms with Gasteiger partial charge in [-0.2, -0.15) is 0 Å².